The number of halogens is 1. The largest absolute Gasteiger partial charge is 0.317 e. The van der Waals surface area contributed by atoms with E-state index in [1.807, 2.05) is 0 Å². The van der Waals surface area contributed by atoms with E-state index in [-0.39, 0.29) is 6.67 Å². The van der Waals surface area contributed by atoms with E-state index >= 15 is 0 Å². The van der Waals surface area contributed by atoms with Gasteiger partial charge in [-0.1, -0.05) is 32.1 Å². The highest BCUT2D eigenvalue weighted by molar-refractivity contribution is 4.66. The summed E-state index contributed by atoms with van der Waals surface area (Å²) < 4.78 is 11.7. The van der Waals surface area contributed by atoms with Crippen LogP contribution in [0.25, 0.3) is 0 Å². The van der Waals surface area contributed by atoms with Crippen molar-refractivity contribution < 1.29 is 4.39 Å². The maximum atomic E-state index is 11.7. The van der Waals surface area contributed by atoms with Crippen molar-refractivity contribution in [1.82, 2.24) is 5.32 Å². The third-order valence-corrected chi connectivity index (χ3v) is 2.94. The van der Waals surface area contributed by atoms with Crippen LogP contribution in [0.3, 0.4) is 0 Å². The maximum absolute atomic E-state index is 11.7. The fourth-order valence-electron chi connectivity index (χ4n) is 2.10. The summed E-state index contributed by atoms with van der Waals surface area (Å²) in [5.41, 5.74) is 0. The number of nitrogens with one attached hydrogen (secondary N) is 1. The van der Waals surface area contributed by atoms with Crippen LogP contribution < -0.4 is 5.32 Å². The van der Waals surface area contributed by atoms with E-state index in [4.69, 9.17) is 0 Å². The number of rotatable bonds is 6. The van der Waals surface area contributed by atoms with Gasteiger partial charge in [0.15, 0.2) is 0 Å². The molecule has 1 nitrogen and oxygen atoms in total. The minimum Gasteiger partial charge on any atom is -0.317 e. The lowest BCUT2D eigenvalue weighted by Gasteiger charge is -2.21. The molecule has 78 valence electrons. The van der Waals surface area contributed by atoms with Crippen molar-refractivity contribution in [2.45, 2.75) is 44.9 Å². The molecule has 0 aromatic carbocycles. The van der Waals surface area contributed by atoms with Crippen molar-refractivity contribution in [3.63, 3.8) is 0 Å². The van der Waals surface area contributed by atoms with Crippen LogP contribution >= 0.6 is 0 Å². The SMILES string of the molecule is FCCCNCCC1CCCCC1. The first kappa shape index (κ1) is 11.0. The van der Waals surface area contributed by atoms with E-state index in [0.717, 1.165) is 19.0 Å². The quantitative estimate of drug-likeness (QED) is 0.630. The highest BCUT2D eigenvalue weighted by Crippen LogP contribution is 2.25. The maximum Gasteiger partial charge on any atom is 0.0906 e. The van der Waals surface area contributed by atoms with Crippen LogP contribution in [0.5, 0.6) is 0 Å². The van der Waals surface area contributed by atoms with Crippen LogP contribution in [0, 0.1) is 5.92 Å². The van der Waals surface area contributed by atoms with Crippen LogP contribution in [-0.2, 0) is 0 Å². The predicted molar refractivity (Wildman–Crippen MR) is 54.7 cm³/mol. The van der Waals surface area contributed by atoms with Gasteiger partial charge in [0.25, 0.3) is 0 Å². The van der Waals surface area contributed by atoms with Crippen molar-refractivity contribution in [2.24, 2.45) is 5.92 Å². The molecule has 0 saturated heterocycles. The molecule has 1 fully saturated rings. The molecule has 0 bridgehead atoms. The highest BCUT2D eigenvalue weighted by atomic mass is 19.1. The van der Waals surface area contributed by atoms with Crippen molar-refractivity contribution in [3.8, 4) is 0 Å². The summed E-state index contributed by atoms with van der Waals surface area (Å²) in [5.74, 6) is 0.951. The molecule has 0 atom stereocenters. The summed E-state index contributed by atoms with van der Waals surface area (Å²) in [4.78, 5) is 0. The Hall–Kier alpha value is -0.110. The van der Waals surface area contributed by atoms with Gasteiger partial charge in [0, 0.05) is 0 Å². The van der Waals surface area contributed by atoms with Crippen molar-refractivity contribution in [3.05, 3.63) is 0 Å². The van der Waals surface area contributed by atoms with Crippen molar-refractivity contribution in [2.75, 3.05) is 19.8 Å². The number of hydrogen-bond donors (Lipinski definition) is 1. The fourth-order valence-corrected chi connectivity index (χ4v) is 2.10. The molecule has 0 radical (unpaired) electrons. The molecule has 0 aromatic heterocycles. The van der Waals surface area contributed by atoms with Gasteiger partial charge in [0.2, 0.25) is 0 Å². The van der Waals surface area contributed by atoms with E-state index in [2.05, 4.69) is 5.32 Å². The first-order chi connectivity index (χ1) is 6.43. The summed E-state index contributed by atoms with van der Waals surface area (Å²) in [5, 5.41) is 3.29. The van der Waals surface area contributed by atoms with Crippen molar-refractivity contribution in [1.29, 1.82) is 0 Å². The Bertz CT molecular complexity index is 111. The zero-order valence-electron chi connectivity index (χ0n) is 8.53. The molecule has 2 heteroatoms. The summed E-state index contributed by atoms with van der Waals surface area (Å²) >= 11 is 0. The average Bonchev–Trinajstić information content (AvgIpc) is 2.19. The fraction of sp³-hybridized carbons (Fsp3) is 1.00. The van der Waals surface area contributed by atoms with Crippen molar-refractivity contribution >= 4 is 0 Å². The van der Waals surface area contributed by atoms with E-state index in [1.165, 1.54) is 38.5 Å². The Morgan fingerprint density at radius 2 is 1.85 bits per heavy atom. The molecule has 1 N–H and O–H groups in total. The third kappa shape index (κ3) is 5.25. The normalized spacial score (nSPS) is 19.2. The van der Waals surface area contributed by atoms with Crippen LogP contribution in [0.4, 0.5) is 4.39 Å². The molecule has 0 heterocycles. The minimum absolute atomic E-state index is 0.184. The molecule has 0 aromatic rings. The van der Waals surface area contributed by atoms with E-state index in [0.29, 0.717) is 6.42 Å². The van der Waals surface area contributed by atoms with Gasteiger partial charge in [0.1, 0.15) is 0 Å². The Morgan fingerprint density at radius 1 is 1.08 bits per heavy atom. The first-order valence-electron chi connectivity index (χ1n) is 5.70. The lowest BCUT2D eigenvalue weighted by Crippen LogP contribution is -2.20. The minimum atomic E-state index is -0.184. The highest BCUT2D eigenvalue weighted by Gasteiger charge is 2.12. The smallest absolute Gasteiger partial charge is 0.0906 e. The van der Waals surface area contributed by atoms with Crippen LogP contribution in [0.2, 0.25) is 0 Å². The van der Waals surface area contributed by atoms with Gasteiger partial charge in [-0.05, 0) is 31.8 Å². The average molecular weight is 187 g/mol. The summed E-state index contributed by atoms with van der Waals surface area (Å²) in [7, 11) is 0. The van der Waals surface area contributed by atoms with Gasteiger partial charge in [-0.25, -0.2) is 0 Å². The van der Waals surface area contributed by atoms with E-state index < -0.39 is 0 Å². The zero-order chi connectivity index (χ0) is 9.36. The van der Waals surface area contributed by atoms with E-state index in [9.17, 15) is 4.39 Å². The predicted octanol–water partition coefficient (Wildman–Crippen LogP) is 2.91. The Kier molecular flexibility index (Phi) is 6.17. The molecule has 1 rings (SSSR count). The second-order valence-electron chi connectivity index (χ2n) is 4.09. The molecule has 1 aliphatic carbocycles. The Balaban J connectivity index is 1.86. The van der Waals surface area contributed by atoms with Gasteiger partial charge in [-0.2, -0.15) is 0 Å². The van der Waals surface area contributed by atoms with Gasteiger partial charge < -0.3 is 5.32 Å². The van der Waals surface area contributed by atoms with E-state index in [1.54, 1.807) is 0 Å². The number of hydrogen-bond acceptors (Lipinski definition) is 1. The molecule has 0 spiro atoms. The Morgan fingerprint density at radius 3 is 2.54 bits per heavy atom. The second kappa shape index (κ2) is 7.31. The van der Waals surface area contributed by atoms with Gasteiger partial charge in [0.05, 0.1) is 6.67 Å². The summed E-state index contributed by atoms with van der Waals surface area (Å²) in [6.07, 6.45) is 9.10. The topological polar surface area (TPSA) is 12.0 Å². The molecule has 0 amide bonds. The van der Waals surface area contributed by atoms with Gasteiger partial charge in [-0.15, -0.1) is 0 Å². The lowest BCUT2D eigenvalue weighted by molar-refractivity contribution is 0.332. The zero-order valence-corrected chi connectivity index (χ0v) is 8.53. The first-order valence-corrected chi connectivity index (χ1v) is 5.70. The van der Waals surface area contributed by atoms with Gasteiger partial charge in [-0.3, -0.25) is 4.39 Å². The molecular formula is C11H22FN. The lowest BCUT2D eigenvalue weighted by atomic mass is 9.87. The van der Waals surface area contributed by atoms with Gasteiger partial charge >= 0.3 is 0 Å². The third-order valence-electron chi connectivity index (χ3n) is 2.94. The Labute approximate surface area is 81.1 Å². The molecule has 0 unspecified atom stereocenters. The molecular weight excluding hydrogens is 165 g/mol. The standard InChI is InChI=1S/C11H22FN/c12-8-4-9-13-10-7-11-5-2-1-3-6-11/h11,13H,1-10H2. The van der Waals surface area contributed by atoms with Crippen LogP contribution in [0.15, 0.2) is 0 Å². The monoisotopic (exact) mass is 187 g/mol. The molecule has 1 aliphatic rings. The molecule has 13 heavy (non-hydrogen) atoms. The number of alkyl halides is 1. The summed E-state index contributed by atoms with van der Waals surface area (Å²) in [6, 6.07) is 0. The molecule has 1 saturated carbocycles. The van der Waals surface area contributed by atoms with Crippen LogP contribution in [0.1, 0.15) is 44.9 Å². The summed E-state index contributed by atoms with van der Waals surface area (Å²) in [6.45, 7) is 1.75. The molecule has 0 aliphatic heterocycles. The van der Waals surface area contributed by atoms with Crippen LogP contribution in [-0.4, -0.2) is 19.8 Å². The second-order valence-corrected chi connectivity index (χ2v) is 4.09.